The summed E-state index contributed by atoms with van der Waals surface area (Å²) in [6.07, 6.45) is 0.416. The highest BCUT2D eigenvalue weighted by atomic mass is 35.5. The van der Waals surface area contributed by atoms with Gasteiger partial charge >= 0.3 is 5.97 Å². The first-order valence-corrected chi connectivity index (χ1v) is 10.6. The second kappa shape index (κ2) is 8.55. The predicted molar refractivity (Wildman–Crippen MR) is 120 cm³/mol. The van der Waals surface area contributed by atoms with Crippen LogP contribution in [0.4, 0.5) is 5.82 Å². The van der Waals surface area contributed by atoms with E-state index < -0.39 is 17.4 Å². The average molecular weight is 438 g/mol. The molecule has 1 atom stereocenters. The number of anilines is 1. The molecule has 3 aromatic rings. The van der Waals surface area contributed by atoms with E-state index in [1.807, 2.05) is 74.5 Å². The number of esters is 1. The van der Waals surface area contributed by atoms with Crippen molar-refractivity contribution in [1.82, 2.24) is 9.55 Å². The van der Waals surface area contributed by atoms with E-state index in [0.29, 0.717) is 18.7 Å². The van der Waals surface area contributed by atoms with Gasteiger partial charge in [0.05, 0.1) is 5.69 Å². The fourth-order valence-corrected chi connectivity index (χ4v) is 4.43. The summed E-state index contributed by atoms with van der Waals surface area (Å²) in [4.78, 5) is 30.6. The topological polar surface area (TPSA) is 73.2 Å². The second-order valence-electron chi connectivity index (χ2n) is 8.31. The minimum atomic E-state index is -0.751. The molecule has 1 aromatic heterocycles. The Balaban J connectivity index is 1.62. The van der Waals surface area contributed by atoms with Gasteiger partial charge < -0.3 is 10.1 Å². The molecule has 0 spiro atoms. The van der Waals surface area contributed by atoms with E-state index in [-0.39, 0.29) is 23.1 Å². The van der Waals surface area contributed by atoms with E-state index in [1.165, 1.54) is 4.57 Å². The number of aromatic nitrogens is 2. The minimum Gasteiger partial charge on any atom is -0.459 e. The van der Waals surface area contributed by atoms with Crippen molar-refractivity contribution in [2.75, 3.05) is 5.32 Å². The number of benzene rings is 2. The fraction of sp³-hybridized carbons (Fsp3) is 0.292. The Morgan fingerprint density at radius 3 is 2.39 bits per heavy atom. The van der Waals surface area contributed by atoms with E-state index >= 15 is 0 Å². The lowest BCUT2D eigenvalue weighted by Gasteiger charge is -2.19. The van der Waals surface area contributed by atoms with Crippen LogP contribution in [-0.2, 0) is 28.1 Å². The van der Waals surface area contributed by atoms with Crippen molar-refractivity contribution in [2.24, 2.45) is 0 Å². The maximum atomic E-state index is 13.3. The van der Waals surface area contributed by atoms with Crippen LogP contribution in [0.2, 0.25) is 5.15 Å². The second-order valence-corrected chi connectivity index (χ2v) is 8.67. The van der Waals surface area contributed by atoms with Crippen LogP contribution in [-0.4, -0.2) is 15.5 Å². The molecule has 1 N–H and O–H groups in total. The summed E-state index contributed by atoms with van der Waals surface area (Å²) < 4.78 is 7.00. The Labute approximate surface area is 185 Å². The molecule has 0 aliphatic carbocycles. The zero-order chi connectivity index (χ0) is 22.0. The molecule has 6 nitrogen and oxygen atoms in total. The SMILES string of the molecule is CC1(C)C[C@@H](C(=O)OCc2ccccc2)n2c1c(Cl)nc(NCc1ccccc1)c2=O. The van der Waals surface area contributed by atoms with E-state index in [1.54, 1.807) is 0 Å². The average Bonchev–Trinajstić information content (AvgIpc) is 3.07. The summed E-state index contributed by atoms with van der Waals surface area (Å²) >= 11 is 6.49. The summed E-state index contributed by atoms with van der Waals surface area (Å²) in [5.41, 5.74) is 1.59. The van der Waals surface area contributed by atoms with E-state index in [0.717, 1.165) is 11.1 Å². The van der Waals surface area contributed by atoms with Gasteiger partial charge in [0.1, 0.15) is 12.6 Å². The largest absolute Gasteiger partial charge is 0.459 e. The van der Waals surface area contributed by atoms with Gasteiger partial charge in [0.2, 0.25) is 0 Å². The van der Waals surface area contributed by atoms with Gasteiger partial charge in [0, 0.05) is 12.0 Å². The van der Waals surface area contributed by atoms with Crippen LogP contribution in [0.3, 0.4) is 0 Å². The zero-order valence-electron chi connectivity index (χ0n) is 17.5. The van der Waals surface area contributed by atoms with Crippen molar-refractivity contribution < 1.29 is 9.53 Å². The Morgan fingerprint density at radius 2 is 1.74 bits per heavy atom. The molecule has 160 valence electrons. The quantitative estimate of drug-likeness (QED) is 0.576. The van der Waals surface area contributed by atoms with Crippen molar-refractivity contribution in [3.8, 4) is 0 Å². The normalized spacial score (nSPS) is 16.5. The first-order valence-electron chi connectivity index (χ1n) is 10.2. The third kappa shape index (κ3) is 4.35. The number of carbonyl (C=O) groups excluding carboxylic acids is 1. The van der Waals surface area contributed by atoms with Crippen LogP contribution in [0.25, 0.3) is 0 Å². The standard InChI is InChI=1S/C24H24ClN3O3/c1-24(2)13-18(23(30)31-15-17-11-7-4-8-12-17)28-19(24)20(25)27-21(22(28)29)26-14-16-9-5-3-6-10-16/h3-12,18H,13-15H2,1-2H3,(H,26,27)/t18-/m0/s1. The third-order valence-corrected chi connectivity index (χ3v) is 5.79. The Morgan fingerprint density at radius 1 is 1.13 bits per heavy atom. The summed E-state index contributed by atoms with van der Waals surface area (Å²) in [6, 6.07) is 18.4. The van der Waals surface area contributed by atoms with E-state index in [9.17, 15) is 9.59 Å². The first-order chi connectivity index (χ1) is 14.9. The molecule has 1 aliphatic rings. The number of hydrogen-bond donors (Lipinski definition) is 1. The third-order valence-electron chi connectivity index (χ3n) is 5.52. The molecular weight excluding hydrogens is 414 g/mol. The van der Waals surface area contributed by atoms with Gasteiger partial charge in [0.15, 0.2) is 11.0 Å². The number of halogens is 1. The molecule has 0 fully saturated rings. The molecule has 31 heavy (non-hydrogen) atoms. The molecule has 2 heterocycles. The molecular formula is C24H24ClN3O3. The molecule has 2 aromatic carbocycles. The zero-order valence-corrected chi connectivity index (χ0v) is 18.2. The monoisotopic (exact) mass is 437 g/mol. The molecule has 0 saturated heterocycles. The minimum absolute atomic E-state index is 0.121. The van der Waals surface area contributed by atoms with Crippen LogP contribution in [0.1, 0.15) is 43.1 Å². The smallest absolute Gasteiger partial charge is 0.329 e. The molecule has 0 amide bonds. The van der Waals surface area contributed by atoms with Gasteiger partial charge in [0.25, 0.3) is 5.56 Å². The van der Waals surface area contributed by atoms with Gasteiger partial charge in [-0.2, -0.15) is 0 Å². The lowest BCUT2D eigenvalue weighted by Crippen LogP contribution is -2.32. The number of nitrogens with zero attached hydrogens (tertiary/aromatic N) is 2. The van der Waals surface area contributed by atoms with Crippen molar-refractivity contribution in [2.45, 2.75) is 44.9 Å². The van der Waals surface area contributed by atoms with Gasteiger partial charge in [-0.3, -0.25) is 9.36 Å². The Bertz CT molecular complexity index is 1140. The lowest BCUT2D eigenvalue weighted by atomic mass is 9.87. The van der Waals surface area contributed by atoms with Crippen LogP contribution in [0, 0.1) is 0 Å². The highest BCUT2D eigenvalue weighted by molar-refractivity contribution is 6.30. The predicted octanol–water partition coefficient (Wildman–Crippen LogP) is 4.47. The molecule has 0 bridgehead atoms. The number of rotatable bonds is 6. The van der Waals surface area contributed by atoms with Gasteiger partial charge in [-0.15, -0.1) is 0 Å². The summed E-state index contributed by atoms with van der Waals surface area (Å²) in [5.74, 6) is -0.329. The molecule has 0 saturated carbocycles. The van der Waals surface area contributed by atoms with E-state index in [2.05, 4.69) is 10.3 Å². The van der Waals surface area contributed by atoms with Crippen molar-refractivity contribution >= 4 is 23.4 Å². The summed E-state index contributed by atoms with van der Waals surface area (Å²) in [6.45, 7) is 4.48. The van der Waals surface area contributed by atoms with Crippen molar-refractivity contribution in [1.29, 1.82) is 0 Å². The highest BCUT2D eigenvalue weighted by Crippen LogP contribution is 2.43. The van der Waals surface area contributed by atoms with Crippen LogP contribution < -0.4 is 10.9 Å². The molecule has 7 heteroatoms. The Kier molecular flexibility index (Phi) is 5.83. The fourth-order valence-electron chi connectivity index (χ4n) is 4.00. The molecule has 0 radical (unpaired) electrons. The number of nitrogens with one attached hydrogen (secondary N) is 1. The van der Waals surface area contributed by atoms with Crippen LogP contribution in [0.5, 0.6) is 0 Å². The highest BCUT2D eigenvalue weighted by Gasteiger charge is 2.44. The van der Waals surface area contributed by atoms with Gasteiger partial charge in [-0.05, 0) is 17.5 Å². The number of carbonyl (C=O) groups is 1. The maximum Gasteiger partial charge on any atom is 0.329 e. The number of fused-ring (bicyclic) bond motifs is 1. The maximum absolute atomic E-state index is 13.3. The van der Waals surface area contributed by atoms with E-state index in [4.69, 9.17) is 16.3 Å². The number of ether oxygens (including phenoxy) is 1. The molecule has 1 aliphatic heterocycles. The van der Waals surface area contributed by atoms with Crippen molar-refractivity contribution in [3.63, 3.8) is 0 Å². The van der Waals surface area contributed by atoms with Crippen molar-refractivity contribution in [3.05, 3.63) is 93.0 Å². The van der Waals surface area contributed by atoms with Crippen LogP contribution >= 0.6 is 11.6 Å². The van der Waals surface area contributed by atoms with Gasteiger partial charge in [-0.25, -0.2) is 9.78 Å². The Hall–Kier alpha value is -3.12. The van der Waals surface area contributed by atoms with Gasteiger partial charge in [-0.1, -0.05) is 86.1 Å². The first kappa shape index (κ1) is 21.1. The summed E-state index contributed by atoms with van der Waals surface area (Å²) in [7, 11) is 0. The number of hydrogen-bond acceptors (Lipinski definition) is 5. The molecule has 0 unspecified atom stereocenters. The summed E-state index contributed by atoms with van der Waals surface area (Å²) in [5, 5.41) is 3.28. The van der Waals surface area contributed by atoms with Crippen LogP contribution in [0.15, 0.2) is 65.5 Å². The lowest BCUT2D eigenvalue weighted by molar-refractivity contribution is -0.149. The molecule has 4 rings (SSSR count).